The molecule has 5 aliphatic rings. The predicted octanol–water partition coefficient (Wildman–Crippen LogP) is 3.51. The van der Waals surface area contributed by atoms with Gasteiger partial charge in [0.15, 0.2) is 23.0 Å². The molecule has 13 nitrogen and oxygen atoms in total. The molecule has 1 amide bonds. The van der Waals surface area contributed by atoms with Gasteiger partial charge in [-0.1, -0.05) is 36.4 Å². The number of cyclic esters (lactones) is 1. The Balaban J connectivity index is 1.30. The highest BCUT2D eigenvalue weighted by Gasteiger charge is 2.58. The van der Waals surface area contributed by atoms with E-state index in [2.05, 4.69) is 10.6 Å². The number of phenols is 1. The zero-order chi connectivity index (χ0) is 36.4. The highest BCUT2D eigenvalue weighted by Crippen LogP contribution is 2.62. The second-order valence-electron chi connectivity index (χ2n) is 13.6. The van der Waals surface area contributed by atoms with Crippen LogP contribution in [0.15, 0.2) is 42.5 Å². The van der Waals surface area contributed by atoms with E-state index < -0.39 is 53.6 Å². The topological polar surface area (TPSA) is 165 Å². The summed E-state index contributed by atoms with van der Waals surface area (Å²) in [5.74, 6) is 0.0253. The first kappa shape index (κ1) is 34.3. The van der Waals surface area contributed by atoms with Crippen molar-refractivity contribution in [2.24, 2.45) is 0 Å². The predicted molar refractivity (Wildman–Crippen MR) is 189 cm³/mol. The number of phenolic OH excluding ortho intramolecular Hbond substituents is 1. The van der Waals surface area contributed by atoms with Gasteiger partial charge < -0.3 is 44.5 Å². The van der Waals surface area contributed by atoms with Gasteiger partial charge in [0.25, 0.3) is 0 Å². The van der Waals surface area contributed by atoms with E-state index in [9.17, 15) is 24.6 Å². The smallest absolute Gasteiger partial charge is 0.336 e. The molecule has 3 aromatic carbocycles. The van der Waals surface area contributed by atoms with Gasteiger partial charge in [-0.2, -0.15) is 0 Å². The lowest BCUT2D eigenvalue weighted by Gasteiger charge is -2.59. The van der Waals surface area contributed by atoms with Gasteiger partial charge in [0.05, 0.1) is 30.5 Å². The Morgan fingerprint density at radius 3 is 2.60 bits per heavy atom. The average molecular weight is 730 g/mol. The maximum absolute atomic E-state index is 13.5. The molecule has 2 fully saturated rings. The number of piperazine rings is 1. The summed E-state index contributed by atoms with van der Waals surface area (Å²) in [5.41, 5.74) is 4.82. The number of amides is 1. The molecular weight excluding hydrogens is 690 g/mol. The molecule has 4 unspecified atom stereocenters. The number of rotatable bonds is 5. The number of thioether (sulfide) groups is 1. The molecule has 5 heterocycles. The molecule has 0 radical (unpaired) electrons. The fraction of sp³-hybridized carbons (Fsp3) is 0.395. The van der Waals surface area contributed by atoms with Crippen LogP contribution in [0.2, 0.25) is 0 Å². The molecule has 4 N–H and O–H groups in total. The Morgan fingerprint density at radius 2 is 1.85 bits per heavy atom. The summed E-state index contributed by atoms with van der Waals surface area (Å²) in [5, 5.41) is 30.0. The molecule has 7 atom stereocenters. The zero-order valence-corrected chi connectivity index (χ0v) is 29.8. The summed E-state index contributed by atoms with van der Waals surface area (Å²) in [6, 6.07) is 8.05. The van der Waals surface area contributed by atoms with E-state index in [1.807, 2.05) is 48.2 Å². The van der Waals surface area contributed by atoms with E-state index >= 15 is 0 Å². The number of esters is 2. The second-order valence-corrected chi connectivity index (χ2v) is 14.8. The van der Waals surface area contributed by atoms with Gasteiger partial charge in [0.1, 0.15) is 24.6 Å². The van der Waals surface area contributed by atoms with Crippen LogP contribution >= 0.6 is 11.8 Å². The van der Waals surface area contributed by atoms with Gasteiger partial charge >= 0.3 is 11.9 Å². The van der Waals surface area contributed by atoms with Crippen LogP contribution in [-0.2, 0) is 25.5 Å². The molecular formula is C38H39N3O10S. The molecule has 4 bridgehead atoms. The first-order valence-electron chi connectivity index (χ1n) is 17.1. The van der Waals surface area contributed by atoms with Crippen molar-refractivity contribution in [3.8, 4) is 28.7 Å². The minimum absolute atomic E-state index is 0.0104. The van der Waals surface area contributed by atoms with Crippen molar-refractivity contribution in [2.75, 3.05) is 26.3 Å². The highest BCUT2D eigenvalue weighted by molar-refractivity contribution is 7.99. The molecule has 272 valence electrons. The molecule has 2 saturated heterocycles. The number of aromatic hydroxyl groups is 1. The van der Waals surface area contributed by atoms with Crippen molar-refractivity contribution >= 4 is 35.7 Å². The van der Waals surface area contributed by atoms with Gasteiger partial charge in [-0.15, -0.1) is 11.8 Å². The lowest BCUT2D eigenvalue weighted by molar-refractivity contribution is -0.160. The normalized spacial score (nSPS) is 27.2. The number of ether oxygens (including phenoxy) is 5. The molecule has 5 aliphatic heterocycles. The number of aliphatic hydroxyl groups excluding tert-OH is 1. The molecule has 0 saturated carbocycles. The fourth-order valence-electron chi connectivity index (χ4n) is 8.41. The summed E-state index contributed by atoms with van der Waals surface area (Å²) in [4.78, 5) is 41.0. The zero-order valence-electron chi connectivity index (χ0n) is 29.0. The lowest BCUT2D eigenvalue weighted by Crippen LogP contribution is -2.69. The monoisotopic (exact) mass is 729 g/mol. The third kappa shape index (κ3) is 5.56. The second kappa shape index (κ2) is 13.3. The Bertz CT molecular complexity index is 2000. The van der Waals surface area contributed by atoms with Crippen LogP contribution in [0.1, 0.15) is 63.2 Å². The third-order valence-corrected chi connectivity index (χ3v) is 11.9. The van der Waals surface area contributed by atoms with Crippen LogP contribution in [0.4, 0.5) is 0 Å². The number of methoxy groups -OCH3 is 1. The summed E-state index contributed by atoms with van der Waals surface area (Å²) >= 11 is 1.35. The van der Waals surface area contributed by atoms with E-state index in [-0.39, 0.29) is 36.6 Å². The average Bonchev–Trinajstić information content (AvgIpc) is 3.62. The first-order valence-corrected chi connectivity index (χ1v) is 18.2. The van der Waals surface area contributed by atoms with Crippen molar-refractivity contribution < 1.29 is 48.3 Å². The molecule has 14 heteroatoms. The van der Waals surface area contributed by atoms with Gasteiger partial charge in [0, 0.05) is 47.0 Å². The molecule has 0 spiro atoms. The van der Waals surface area contributed by atoms with Crippen molar-refractivity contribution in [3.05, 3.63) is 81.4 Å². The van der Waals surface area contributed by atoms with Crippen molar-refractivity contribution in [3.63, 3.8) is 0 Å². The Hall–Kier alpha value is -4.76. The van der Waals surface area contributed by atoms with E-state index in [1.54, 1.807) is 13.0 Å². The number of carbonyl (C=O) groups is 3. The Labute approximate surface area is 304 Å². The minimum Gasteiger partial charge on any atom is -0.507 e. The number of fused-ring (bicyclic) bond motifs is 9. The maximum atomic E-state index is 13.5. The Morgan fingerprint density at radius 1 is 1.08 bits per heavy atom. The van der Waals surface area contributed by atoms with Gasteiger partial charge in [-0.3, -0.25) is 9.69 Å². The van der Waals surface area contributed by atoms with Crippen LogP contribution in [0.25, 0.3) is 6.08 Å². The summed E-state index contributed by atoms with van der Waals surface area (Å²) in [7, 11) is 1.53. The first-order chi connectivity index (χ1) is 25.1. The van der Waals surface area contributed by atoms with Crippen LogP contribution in [0.5, 0.6) is 28.7 Å². The number of aliphatic hydroxyl groups is 1. The number of hydrogen-bond donors (Lipinski definition) is 4. The van der Waals surface area contributed by atoms with Crippen molar-refractivity contribution in [2.45, 2.75) is 68.9 Å². The highest BCUT2D eigenvalue weighted by atomic mass is 32.2. The van der Waals surface area contributed by atoms with E-state index in [0.717, 1.165) is 16.7 Å². The number of hydrogen-bond acceptors (Lipinski definition) is 13. The quantitative estimate of drug-likeness (QED) is 0.172. The lowest BCUT2D eigenvalue weighted by atomic mass is 9.74. The Kier molecular flexibility index (Phi) is 8.80. The molecule has 3 aromatic rings. The summed E-state index contributed by atoms with van der Waals surface area (Å²) < 4.78 is 29.8. The molecule has 0 aromatic heterocycles. The van der Waals surface area contributed by atoms with E-state index in [0.29, 0.717) is 45.9 Å². The van der Waals surface area contributed by atoms with E-state index in [4.69, 9.17) is 23.7 Å². The largest absolute Gasteiger partial charge is 0.507 e. The van der Waals surface area contributed by atoms with Crippen molar-refractivity contribution in [1.29, 1.82) is 0 Å². The van der Waals surface area contributed by atoms with Crippen LogP contribution in [-0.4, -0.2) is 83.6 Å². The van der Waals surface area contributed by atoms with Gasteiger partial charge in [0.2, 0.25) is 12.7 Å². The number of benzene rings is 3. The van der Waals surface area contributed by atoms with Crippen molar-refractivity contribution in [1.82, 2.24) is 15.5 Å². The number of carbonyl (C=O) groups excluding carboxylic acids is 3. The summed E-state index contributed by atoms with van der Waals surface area (Å²) in [6.45, 7) is 4.71. The standard InChI is InChI=1S/C38H39N3O10S/c1-17-12-21-13-22-37(45)41-24-14-48-38(46)23(39-19(3)42)15-52-36(28-27(24)34-33(49-16-50-34)18(2)31(28)44)30(41)29(40-22)26(21)35(32(17)47-4)51-25(43)11-10-20-8-6-5-7-9-20/h5-12,22-24,29-30,36-37,40,44-45H,13-16H2,1-4H3,(H,39,42)/b11-10+/t22?,23?,24-,29?,30?,36+,37-/m0/s1. The maximum Gasteiger partial charge on any atom is 0.336 e. The molecule has 8 rings (SSSR count). The SMILES string of the molecule is COc1c(C)cc2c(c1OC(=O)/C=C/c1ccccc1)C1NC(C2)[C@H](O)N2C1[C@@H]1SCC(NC(C)=O)C(=O)OC[C@H]2c2c3c(c(C)c(O)c21)OCO3. The number of nitrogens with one attached hydrogen (secondary N) is 2. The molecule has 0 aliphatic carbocycles. The number of aryl methyl sites for hydroxylation is 1. The molecule has 52 heavy (non-hydrogen) atoms. The van der Waals surface area contributed by atoms with Gasteiger partial charge in [-0.25, -0.2) is 9.59 Å². The van der Waals surface area contributed by atoms with Gasteiger partial charge in [-0.05, 0) is 43.0 Å². The van der Waals surface area contributed by atoms with Crippen LogP contribution < -0.4 is 29.6 Å². The fourth-order valence-corrected chi connectivity index (χ4v) is 9.93. The number of nitrogens with zero attached hydrogens (tertiary/aromatic N) is 1. The summed E-state index contributed by atoms with van der Waals surface area (Å²) in [6.07, 6.45) is 2.38. The van der Waals surface area contributed by atoms with Crippen LogP contribution in [0, 0.1) is 13.8 Å². The van der Waals surface area contributed by atoms with Crippen LogP contribution in [0.3, 0.4) is 0 Å². The minimum atomic E-state index is -1.07. The third-order valence-electron chi connectivity index (χ3n) is 10.5. The van der Waals surface area contributed by atoms with E-state index in [1.165, 1.54) is 31.9 Å².